The van der Waals surface area contributed by atoms with Crippen molar-refractivity contribution in [3.05, 3.63) is 34.3 Å². The van der Waals surface area contributed by atoms with Crippen molar-refractivity contribution in [1.29, 1.82) is 0 Å². The molecule has 3 nitrogen and oxygen atoms in total. The summed E-state index contributed by atoms with van der Waals surface area (Å²) in [6.45, 7) is 5.77. The number of hydrogen-bond acceptors (Lipinski definition) is 2. The van der Waals surface area contributed by atoms with E-state index in [2.05, 4.69) is 40.4 Å². The van der Waals surface area contributed by atoms with Gasteiger partial charge in [0, 0.05) is 17.1 Å². The minimum atomic E-state index is -0.271. The van der Waals surface area contributed by atoms with Gasteiger partial charge in [-0.1, -0.05) is 35.0 Å². The third-order valence-corrected chi connectivity index (χ3v) is 4.23. The highest BCUT2D eigenvalue weighted by Crippen LogP contribution is 2.48. The molecule has 1 atom stereocenters. The molecule has 1 aliphatic rings. The zero-order chi connectivity index (χ0) is 13.9. The van der Waals surface area contributed by atoms with E-state index >= 15 is 0 Å². The van der Waals surface area contributed by atoms with Crippen molar-refractivity contribution in [3.63, 3.8) is 0 Å². The molecule has 1 fully saturated rings. The number of benzene rings is 1. The molecular weight excluding hydrogens is 340 g/mol. The maximum Gasteiger partial charge on any atom is 0.230 e. The molecule has 0 radical (unpaired) electrons. The molecule has 1 saturated carbocycles. The van der Waals surface area contributed by atoms with Crippen molar-refractivity contribution in [2.75, 3.05) is 13.1 Å². The molecule has 0 spiro atoms. The van der Waals surface area contributed by atoms with E-state index in [-0.39, 0.29) is 23.7 Å². The van der Waals surface area contributed by atoms with Gasteiger partial charge in [-0.25, -0.2) is 0 Å². The highest BCUT2D eigenvalue weighted by molar-refractivity contribution is 9.10. The van der Waals surface area contributed by atoms with E-state index in [1.165, 1.54) is 0 Å². The average molecular weight is 362 g/mol. The van der Waals surface area contributed by atoms with Crippen LogP contribution in [0.5, 0.6) is 0 Å². The quantitative estimate of drug-likeness (QED) is 0.818. The van der Waals surface area contributed by atoms with Crippen molar-refractivity contribution in [2.45, 2.75) is 38.1 Å². The summed E-state index contributed by atoms with van der Waals surface area (Å²) in [5, 5.41) is 6.37. The molecule has 112 valence electrons. The summed E-state index contributed by atoms with van der Waals surface area (Å²) < 4.78 is 1.05. The van der Waals surface area contributed by atoms with Crippen LogP contribution in [0.15, 0.2) is 28.7 Å². The Labute approximate surface area is 135 Å². The lowest BCUT2D eigenvalue weighted by Gasteiger charge is -2.18. The predicted octanol–water partition coefficient (Wildman–Crippen LogP) is 3.02. The Morgan fingerprint density at radius 3 is 2.45 bits per heavy atom. The van der Waals surface area contributed by atoms with Crippen LogP contribution < -0.4 is 10.6 Å². The number of carbonyl (C=O) groups is 1. The van der Waals surface area contributed by atoms with E-state index in [1.807, 2.05) is 24.3 Å². The fraction of sp³-hybridized carbons (Fsp3) is 0.533. The second-order valence-corrected chi connectivity index (χ2v) is 6.17. The first kappa shape index (κ1) is 17.5. The lowest BCUT2D eigenvalue weighted by Crippen LogP contribution is -2.42. The van der Waals surface area contributed by atoms with Crippen LogP contribution >= 0.6 is 28.3 Å². The fourth-order valence-electron chi connectivity index (χ4n) is 2.38. The second-order valence-electron chi connectivity index (χ2n) is 5.26. The molecule has 1 aliphatic carbocycles. The summed E-state index contributed by atoms with van der Waals surface area (Å²) in [4.78, 5) is 12.4. The normalized spacial score (nSPS) is 16.9. The van der Waals surface area contributed by atoms with Gasteiger partial charge < -0.3 is 10.6 Å². The number of rotatable bonds is 6. The van der Waals surface area contributed by atoms with Crippen LogP contribution in [-0.4, -0.2) is 25.0 Å². The summed E-state index contributed by atoms with van der Waals surface area (Å²) >= 11 is 3.43. The van der Waals surface area contributed by atoms with Gasteiger partial charge in [-0.05, 0) is 44.0 Å². The Morgan fingerprint density at radius 2 is 1.95 bits per heavy atom. The SMILES string of the molecule is CCN[C@H](C)CNC(=O)C1(c2ccc(Br)cc2)CC1.Cl. The first-order valence-corrected chi connectivity index (χ1v) is 7.65. The number of likely N-dealkylation sites (N-methyl/N-ethyl adjacent to an activating group) is 1. The average Bonchev–Trinajstić information content (AvgIpc) is 3.19. The molecule has 0 bridgehead atoms. The molecule has 1 aromatic carbocycles. The molecule has 0 saturated heterocycles. The molecule has 2 rings (SSSR count). The number of carbonyl (C=O) groups excluding carboxylic acids is 1. The predicted molar refractivity (Wildman–Crippen MR) is 88.5 cm³/mol. The van der Waals surface area contributed by atoms with Crippen molar-refractivity contribution < 1.29 is 4.79 Å². The van der Waals surface area contributed by atoms with Crippen LogP contribution in [-0.2, 0) is 10.2 Å². The van der Waals surface area contributed by atoms with Gasteiger partial charge in [0.2, 0.25) is 5.91 Å². The van der Waals surface area contributed by atoms with E-state index in [9.17, 15) is 4.79 Å². The molecular formula is C15H22BrClN2O. The highest BCUT2D eigenvalue weighted by Gasteiger charge is 2.51. The Hall–Kier alpha value is -0.580. The highest BCUT2D eigenvalue weighted by atomic mass is 79.9. The Bertz CT molecular complexity index is 446. The number of nitrogens with one attached hydrogen (secondary N) is 2. The van der Waals surface area contributed by atoms with Gasteiger partial charge in [-0.15, -0.1) is 12.4 Å². The first-order chi connectivity index (χ1) is 9.08. The van der Waals surface area contributed by atoms with Crippen LogP contribution in [0.25, 0.3) is 0 Å². The molecule has 0 heterocycles. The van der Waals surface area contributed by atoms with E-state index in [1.54, 1.807) is 0 Å². The molecule has 0 aromatic heterocycles. The van der Waals surface area contributed by atoms with Gasteiger partial charge in [-0.2, -0.15) is 0 Å². The van der Waals surface area contributed by atoms with Crippen molar-refractivity contribution >= 4 is 34.2 Å². The zero-order valence-electron chi connectivity index (χ0n) is 11.9. The van der Waals surface area contributed by atoms with Crippen molar-refractivity contribution in [3.8, 4) is 0 Å². The molecule has 5 heteroatoms. The molecule has 2 N–H and O–H groups in total. The third-order valence-electron chi connectivity index (χ3n) is 3.70. The summed E-state index contributed by atoms with van der Waals surface area (Å²) in [5.74, 6) is 0.166. The summed E-state index contributed by atoms with van der Waals surface area (Å²) in [5.41, 5.74) is 0.858. The standard InChI is InChI=1S/C15H21BrN2O.ClH/c1-3-17-11(2)10-18-14(19)15(8-9-15)12-4-6-13(16)7-5-12;/h4-7,11,17H,3,8-10H2,1-2H3,(H,18,19);1H/t11-;/m1./s1. The first-order valence-electron chi connectivity index (χ1n) is 6.86. The van der Waals surface area contributed by atoms with Crippen molar-refractivity contribution in [2.24, 2.45) is 0 Å². The Morgan fingerprint density at radius 1 is 1.35 bits per heavy atom. The zero-order valence-corrected chi connectivity index (χ0v) is 14.3. The number of hydrogen-bond donors (Lipinski definition) is 2. The van der Waals surface area contributed by atoms with Crippen LogP contribution in [0.1, 0.15) is 32.3 Å². The maximum absolute atomic E-state index is 12.4. The molecule has 1 amide bonds. The molecule has 20 heavy (non-hydrogen) atoms. The number of halogens is 2. The van der Waals surface area contributed by atoms with Gasteiger partial charge in [-0.3, -0.25) is 4.79 Å². The molecule has 0 aliphatic heterocycles. The smallest absolute Gasteiger partial charge is 0.230 e. The van der Waals surface area contributed by atoms with Crippen LogP contribution in [0.2, 0.25) is 0 Å². The van der Waals surface area contributed by atoms with E-state index < -0.39 is 0 Å². The Kier molecular flexibility index (Phi) is 6.49. The summed E-state index contributed by atoms with van der Waals surface area (Å²) in [6, 6.07) is 8.41. The summed E-state index contributed by atoms with van der Waals surface area (Å²) in [7, 11) is 0. The van der Waals surface area contributed by atoms with Crippen LogP contribution in [0, 0.1) is 0 Å². The van der Waals surface area contributed by atoms with E-state index in [0.29, 0.717) is 12.6 Å². The molecule has 1 aromatic rings. The molecule has 0 unspecified atom stereocenters. The maximum atomic E-state index is 12.4. The lowest BCUT2D eigenvalue weighted by atomic mass is 9.95. The topological polar surface area (TPSA) is 41.1 Å². The monoisotopic (exact) mass is 360 g/mol. The fourth-order valence-corrected chi connectivity index (χ4v) is 2.64. The van der Waals surface area contributed by atoms with Gasteiger partial charge in [0.25, 0.3) is 0 Å². The third kappa shape index (κ3) is 3.96. The largest absolute Gasteiger partial charge is 0.354 e. The number of amides is 1. The minimum absolute atomic E-state index is 0. The van der Waals surface area contributed by atoms with E-state index in [4.69, 9.17) is 0 Å². The van der Waals surface area contributed by atoms with Gasteiger partial charge in [0.15, 0.2) is 0 Å². The van der Waals surface area contributed by atoms with Crippen LogP contribution in [0.3, 0.4) is 0 Å². The van der Waals surface area contributed by atoms with Gasteiger partial charge in [0.1, 0.15) is 0 Å². The minimum Gasteiger partial charge on any atom is -0.354 e. The van der Waals surface area contributed by atoms with Gasteiger partial charge >= 0.3 is 0 Å². The second kappa shape index (κ2) is 7.43. The van der Waals surface area contributed by atoms with E-state index in [0.717, 1.165) is 29.4 Å². The van der Waals surface area contributed by atoms with Gasteiger partial charge in [0.05, 0.1) is 5.41 Å². The van der Waals surface area contributed by atoms with Crippen molar-refractivity contribution in [1.82, 2.24) is 10.6 Å². The Balaban J connectivity index is 0.00000200. The van der Waals surface area contributed by atoms with Crippen LogP contribution in [0.4, 0.5) is 0 Å². The summed E-state index contributed by atoms with van der Waals surface area (Å²) in [6.07, 6.45) is 1.91. The lowest BCUT2D eigenvalue weighted by molar-refractivity contribution is -0.123.